The maximum Gasteiger partial charge on any atom is 0.319 e. The van der Waals surface area contributed by atoms with Gasteiger partial charge >= 0.3 is 6.03 Å². The Balaban J connectivity index is 1.30. The number of carbonyl (C=O) groups excluding carboxylic acids is 1. The van der Waals surface area contributed by atoms with Crippen LogP contribution in [0.2, 0.25) is 0 Å². The number of nitrogens with zero attached hydrogens (tertiary/aromatic N) is 3. The van der Waals surface area contributed by atoms with E-state index in [4.69, 9.17) is 16.2 Å². The number of benzene rings is 3. The van der Waals surface area contributed by atoms with E-state index in [0.717, 1.165) is 62.7 Å². The van der Waals surface area contributed by atoms with E-state index < -0.39 is 6.03 Å². The van der Waals surface area contributed by atoms with Gasteiger partial charge in [-0.15, -0.1) is 0 Å². The van der Waals surface area contributed by atoms with Crippen LogP contribution in [0.3, 0.4) is 0 Å². The molecule has 0 unspecified atom stereocenters. The van der Waals surface area contributed by atoms with E-state index >= 15 is 0 Å². The zero-order valence-electron chi connectivity index (χ0n) is 20.9. The molecule has 0 aromatic heterocycles. The Hall–Kier alpha value is -3.39. The first-order valence-corrected chi connectivity index (χ1v) is 12.7. The predicted octanol–water partition coefficient (Wildman–Crippen LogP) is 3.82. The zero-order chi connectivity index (χ0) is 25.2. The minimum Gasteiger partial charge on any atom is -0.489 e. The van der Waals surface area contributed by atoms with E-state index in [-0.39, 0.29) is 0 Å². The van der Waals surface area contributed by atoms with Gasteiger partial charge in [0.2, 0.25) is 0 Å². The molecule has 0 radical (unpaired) electrons. The SMILES string of the molecule is NCCN(C(N)=O)c1ccccc1CN1CCCN(Cc2ccc(OCc3ccccc3)cc2)CC1. The highest BCUT2D eigenvalue weighted by Gasteiger charge is 2.19. The second-order valence-corrected chi connectivity index (χ2v) is 9.23. The van der Waals surface area contributed by atoms with Crippen molar-refractivity contribution >= 4 is 11.7 Å². The lowest BCUT2D eigenvalue weighted by atomic mass is 10.1. The number of para-hydroxylation sites is 1. The molecule has 0 bridgehead atoms. The molecule has 7 heteroatoms. The molecule has 1 saturated heterocycles. The van der Waals surface area contributed by atoms with E-state index in [9.17, 15) is 4.79 Å². The van der Waals surface area contributed by atoms with Crippen molar-refractivity contribution in [3.05, 3.63) is 95.6 Å². The highest BCUT2D eigenvalue weighted by atomic mass is 16.5. The Kier molecular flexibility index (Phi) is 9.33. The molecule has 4 N–H and O–H groups in total. The van der Waals surface area contributed by atoms with Gasteiger partial charge in [-0.1, -0.05) is 60.7 Å². The van der Waals surface area contributed by atoms with Gasteiger partial charge in [0.1, 0.15) is 12.4 Å². The highest BCUT2D eigenvalue weighted by molar-refractivity contribution is 5.91. The normalized spacial score (nSPS) is 14.8. The molecule has 7 nitrogen and oxygen atoms in total. The number of hydrogen-bond donors (Lipinski definition) is 2. The molecule has 4 rings (SSSR count). The number of carbonyl (C=O) groups is 1. The standard InChI is InChI=1S/C29H37N5O2/c30-15-18-34(29(31)35)28-10-5-4-9-26(28)22-33-17-6-16-32(19-20-33)21-24-11-13-27(14-12-24)36-23-25-7-2-1-3-8-25/h1-5,7-14H,6,15-23,30H2,(H2,31,35). The second kappa shape index (κ2) is 13.1. The molecule has 0 atom stereocenters. The highest BCUT2D eigenvalue weighted by Crippen LogP contribution is 2.23. The van der Waals surface area contributed by atoms with Crippen LogP contribution in [0, 0.1) is 0 Å². The van der Waals surface area contributed by atoms with Crippen LogP contribution >= 0.6 is 0 Å². The van der Waals surface area contributed by atoms with Crippen LogP contribution in [0.25, 0.3) is 0 Å². The van der Waals surface area contributed by atoms with Crippen molar-refractivity contribution in [3.63, 3.8) is 0 Å². The molecule has 36 heavy (non-hydrogen) atoms. The summed E-state index contributed by atoms with van der Waals surface area (Å²) in [6.07, 6.45) is 1.10. The van der Waals surface area contributed by atoms with E-state index in [1.165, 1.54) is 11.1 Å². The van der Waals surface area contributed by atoms with E-state index in [1.807, 2.05) is 36.4 Å². The van der Waals surface area contributed by atoms with Crippen molar-refractivity contribution in [2.24, 2.45) is 11.5 Å². The van der Waals surface area contributed by atoms with Crippen molar-refractivity contribution in [2.45, 2.75) is 26.1 Å². The lowest BCUT2D eigenvalue weighted by Gasteiger charge is -2.26. The van der Waals surface area contributed by atoms with Crippen LogP contribution in [0.5, 0.6) is 5.75 Å². The first kappa shape index (κ1) is 25.7. The van der Waals surface area contributed by atoms with Gasteiger partial charge in [-0.05, 0) is 54.4 Å². The molecule has 1 aliphatic heterocycles. The Morgan fingerprint density at radius 2 is 1.47 bits per heavy atom. The molecule has 0 aliphatic carbocycles. The first-order chi connectivity index (χ1) is 17.6. The van der Waals surface area contributed by atoms with E-state index in [2.05, 4.69) is 52.3 Å². The van der Waals surface area contributed by atoms with Gasteiger partial charge in [-0.25, -0.2) is 4.79 Å². The first-order valence-electron chi connectivity index (χ1n) is 12.7. The number of rotatable bonds is 10. The fourth-order valence-electron chi connectivity index (χ4n) is 4.66. The summed E-state index contributed by atoms with van der Waals surface area (Å²) in [7, 11) is 0. The van der Waals surface area contributed by atoms with Gasteiger partial charge in [-0.2, -0.15) is 0 Å². The van der Waals surface area contributed by atoms with Crippen molar-refractivity contribution in [3.8, 4) is 5.75 Å². The Morgan fingerprint density at radius 1 is 0.806 bits per heavy atom. The molecule has 0 saturated carbocycles. The molecular weight excluding hydrogens is 450 g/mol. The average molecular weight is 488 g/mol. The Labute approximate surface area is 214 Å². The lowest BCUT2D eigenvalue weighted by molar-refractivity contribution is 0.246. The summed E-state index contributed by atoms with van der Waals surface area (Å²) in [5.74, 6) is 0.892. The number of anilines is 1. The van der Waals surface area contributed by atoms with E-state index in [0.29, 0.717) is 19.7 Å². The largest absolute Gasteiger partial charge is 0.489 e. The molecule has 190 valence electrons. The number of nitrogens with two attached hydrogens (primary N) is 2. The van der Waals surface area contributed by atoms with Crippen LogP contribution < -0.4 is 21.1 Å². The van der Waals surface area contributed by atoms with Crippen LogP contribution in [-0.2, 0) is 19.7 Å². The lowest BCUT2D eigenvalue weighted by Crippen LogP contribution is -2.40. The van der Waals surface area contributed by atoms with Gasteiger partial charge in [0.25, 0.3) is 0 Å². The fourth-order valence-corrected chi connectivity index (χ4v) is 4.66. The van der Waals surface area contributed by atoms with Crippen LogP contribution in [0.4, 0.5) is 10.5 Å². The maximum absolute atomic E-state index is 12.0. The smallest absolute Gasteiger partial charge is 0.319 e. The zero-order valence-corrected chi connectivity index (χ0v) is 20.9. The molecule has 1 fully saturated rings. The minimum absolute atomic E-state index is 0.371. The number of hydrogen-bond acceptors (Lipinski definition) is 5. The van der Waals surface area contributed by atoms with Crippen LogP contribution in [-0.4, -0.2) is 55.1 Å². The molecule has 1 heterocycles. The van der Waals surface area contributed by atoms with Gasteiger partial charge in [0.05, 0.1) is 0 Å². The fraction of sp³-hybridized carbons (Fsp3) is 0.345. The predicted molar refractivity (Wildman–Crippen MR) is 145 cm³/mol. The summed E-state index contributed by atoms with van der Waals surface area (Å²) >= 11 is 0. The Morgan fingerprint density at radius 3 is 2.17 bits per heavy atom. The topological polar surface area (TPSA) is 88.1 Å². The third-order valence-corrected chi connectivity index (χ3v) is 6.55. The number of primary amides is 1. The summed E-state index contributed by atoms with van der Waals surface area (Å²) in [4.78, 5) is 18.5. The van der Waals surface area contributed by atoms with Gasteiger partial charge < -0.3 is 16.2 Å². The maximum atomic E-state index is 12.0. The summed E-state index contributed by atoms with van der Waals surface area (Å²) < 4.78 is 5.92. The van der Waals surface area contributed by atoms with Crippen molar-refractivity contribution in [2.75, 3.05) is 44.2 Å². The minimum atomic E-state index is -0.466. The molecule has 3 aromatic carbocycles. The van der Waals surface area contributed by atoms with Gasteiger partial charge in [0, 0.05) is 45.0 Å². The quantitative estimate of drug-likeness (QED) is 0.454. The van der Waals surface area contributed by atoms with Gasteiger partial charge in [-0.3, -0.25) is 14.7 Å². The molecule has 3 aromatic rings. The average Bonchev–Trinajstić information content (AvgIpc) is 3.12. The molecule has 2 amide bonds. The van der Waals surface area contributed by atoms with Crippen LogP contribution in [0.15, 0.2) is 78.9 Å². The molecule has 1 aliphatic rings. The molecule has 0 spiro atoms. The second-order valence-electron chi connectivity index (χ2n) is 9.23. The number of urea groups is 1. The van der Waals surface area contributed by atoms with Crippen LogP contribution in [0.1, 0.15) is 23.1 Å². The van der Waals surface area contributed by atoms with Crippen molar-refractivity contribution < 1.29 is 9.53 Å². The summed E-state index contributed by atoms with van der Waals surface area (Å²) in [5.41, 5.74) is 15.8. The third kappa shape index (κ3) is 7.31. The van der Waals surface area contributed by atoms with E-state index in [1.54, 1.807) is 4.90 Å². The van der Waals surface area contributed by atoms with Crippen molar-refractivity contribution in [1.82, 2.24) is 9.80 Å². The number of ether oxygens (including phenoxy) is 1. The number of amides is 2. The van der Waals surface area contributed by atoms with Crippen molar-refractivity contribution in [1.29, 1.82) is 0 Å². The third-order valence-electron chi connectivity index (χ3n) is 6.55. The summed E-state index contributed by atoms with van der Waals surface area (Å²) in [6.45, 7) is 7.12. The summed E-state index contributed by atoms with van der Waals surface area (Å²) in [6, 6.07) is 26.2. The Bertz CT molecular complexity index is 1090. The summed E-state index contributed by atoms with van der Waals surface area (Å²) in [5, 5.41) is 0. The van der Waals surface area contributed by atoms with Gasteiger partial charge in [0.15, 0.2) is 0 Å². The monoisotopic (exact) mass is 487 g/mol. The molecular formula is C29H37N5O2.